The van der Waals surface area contributed by atoms with E-state index in [2.05, 4.69) is 15.0 Å². The number of rotatable bonds is 4. The van der Waals surface area contributed by atoms with E-state index in [1.165, 1.54) is 7.11 Å². The van der Waals surface area contributed by atoms with E-state index in [1.54, 1.807) is 30.5 Å². The maximum Gasteiger partial charge on any atom is 0.178 e. The third kappa shape index (κ3) is 3.00. The van der Waals surface area contributed by atoms with E-state index in [1.807, 2.05) is 12.1 Å². The summed E-state index contributed by atoms with van der Waals surface area (Å²) in [6.45, 7) is 0. The van der Waals surface area contributed by atoms with Crippen LogP contribution in [0.3, 0.4) is 0 Å². The number of hydrogen-bond donors (Lipinski definition) is 3. The van der Waals surface area contributed by atoms with E-state index in [0.29, 0.717) is 22.8 Å². The summed E-state index contributed by atoms with van der Waals surface area (Å²) >= 11 is 5.14. The van der Waals surface area contributed by atoms with Gasteiger partial charge < -0.3 is 20.6 Å². The van der Waals surface area contributed by atoms with E-state index in [9.17, 15) is 5.11 Å². The van der Waals surface area contributed by atoms with Crippen molar-refractivity contribution in [3.63, 3.8) is 0 Å². The number of hydrogen-bond acceptors (Lipinski definition) is 5. The summed E-state index contributed by atoms with van der Waals surface area (Å²) in [6.07, 6.45) is 3.45. The van der Waals surface area contributed by atoms with Crippen LogP contribution in [0.25, 0.3) is 22.8 Å². The molecule has 4 N–H and O–H groups in total. The van der Waals surface area contributed by atoms with E-state index in [-0.39, 0.29) is 10.7 Å². The minimum absolute atomic E-state index is 0.0643. The van der Waals surface area contributed by atoms with Gasteiger partial charge in [-0.15, -0.1) is 0 Å². The van der Waals surface area contributed by atoms with E-state index >= 15 is 0 Å². The van der Waals surface area contributed by atoms with Crippen molar-refractivity contribution in [2.45, 2.75) is 0 Å². The molecule has 1 aromatic carbocycles. The Hall–Kier alpha value is -2.93. The molecule has 0 saturated carbocycles. The maximum absolute atomic E-state index is 9.67. The number of nitrogens with one attached hydrogen (secondary N) is 1. The van der Waals surface area contributed by atoms with Gasteiger partial charge in [0, 0.05) is 6.20 Å². The molecule has 0 aliphatic carbocycles. The Morgan fingerprint density at radius 1 is 1.39 bits per heavy atom. The molecule has 2 aromatic heterocycles. The van der Waals surface area contributed by atoms with Crippen LogP contribution in [0.1, 0.15) is 11.4 Å². The number of H-pyrrole nitrogens is 1. The van der Waals surface area contributed by atoms with Crippen LogP contribution < -0.4 is 10.5 Å². The zero-order valence-corrected chi connectivity index (χ0v) is 13.1. The summed E-state index contributed by atoms with van der Waals surface area (Å²) in [4.78, 5) is 11.9. The second-order valence-corrected chi connectivity index (χ2v) is 5.25. The van der Waals surface area contributed by atoms with Crippen molar-refractivity contribution in [2.75, 3.05) is 7.11 Å². The second kappa shape index (κ2) is 6.05. The highest BCUT2D eigenvalue weighted by molar-refractivity contribution is 7.81. The molecule has 0 radical (unpaired) electrons. The number of aromatic nitrogens is 3. The van der Waals surface area contributed by atoms with Crippen LogP contribution >= 0.6 is 12.2 Å². The molecule has 0 spiro atoms. The molecule has 116 valence electrons. The van der Waals surface area contributed by atoms with E-state index in [0.717, 1.165) is 11.1 Å². The zero-order valence-electron chi connectivity index (χ0n) is 12.3. The Kier molecular flexibility index (Phi) is 3.94. The first-order valence-corrected chi connectivity index (χ1v) is 7.19. The standard InChI is InChI=1S/C16H14N4O2S/c1-22-13-8-9(4-5-12(13)21)7-10(14(17)23)15-19-11-3-2-6-18-16(11)20-15/h2-8,21H,1H3,(H2,17,23)(H,18,19,20)/b10-7-. The highest BCUT2D eigenvalue weighted by atomic mass is 32.1. The predicted octanol–water partition coefficient (Wildman–Crippen LogP) is 2.50. The van der Waals surface area contributed by atoms with Crippen molar-refractivity contribution in [1.82, 2.24) is 15.0 Å². The molecule has 0 atom stereocenters. The van der Waals surface area contributed by atoms with Gasteiger partial charge in [-0.05, 0) is 35.9 Å². The van der Waals surface area contributed by atoms with Crippen molar-refractivity contribution in [3.05, 3.63) is 47.9 Å². The lowest BCUT2D eigenvalue weighted by Gasteiger charge is -2.06. The molecular weight excluding hydrogens is 312 g/mol. The number of imidazole rings is 1. The summed E-state index contributed by atoms with van der Waals surface area (Å²) in [7, 11) is 1.49. The third-order valence-electron chi connectivity index (χ3n) is 3.29. The molecule has 0 aliphatic heterocycles. The van der Waals surface area contributed by atoms with E-state index < -0.39 is 0 Å². The first-order chi connectivity index (χ1) is 11.1. The van der Waals surface area contributed by atoms with E-state index in [4.69, 9.17) is 22.7 Å². The first kappa shape index (κ1) is 15.0. The minimum atomic E-state index is 0.0643. The number of phenols is 1. The SMILES string of the molecule is COc1cc(/C=C(/C(N)=S)c2nc3ncccc3[nH]2)ccc1O. The van der Waals surface area contributed by atoms with Gasteiger partial charge in [0.05, 0.1) is 18.2 Å². The number of aromatic hydroxyl groups is 1. The van der Waals surface area contributed by atoms with Crippen molar-refractivity contribution in [3.8, 4) is 11.5 Å². The first-order valence-electron chi connectivity index (χ1n) is 6.78. The van der Waals surface area contributed by atoms with Gasteiger partial charge in [-0.1, -0.05) is 18.3 Å². The topological polar surface area (TPSA) is 97.0 Å². The van der Waals surface area contributed by atoms with Gasteiger partial charge in [0.25, 0.3) is 0 Å². The molecule has 0 unspecified atom stereocenters. The highest BCUT2D eigenvalue weighted by Gasteiger charge is 2.12. The Bertz CT molecular complexity index is 884. The smallest absolute Gasteiger partial charge is 0.178 e. The van der Waals surface area contributed by atoms with Crippen molar-refractivity contribution in [2.24, 2.45) is 5.73 Å². The van der Waals surface area contributed by atoms with Crippen LogP contribution in [0, 0.1) is 0 Å². The highest BCUT2D eigenvalue weighted by Crippen LogP contribution is 2.28. The fourth-order valence-corrected chi connectivity index (χ4v) is 2.34. The molecule has 3 rings (SSSR count). The molecule has 0 aliphatic rings. The van der Waals surface area contributed by atoms with Gasteiger partial charge in [-0.25, -0.2) is 9.97 Å². The fourth-order valence-electron chi connectivity index (χ4n) is 2.18. The summed E-state index contributed by atoms with van der Waals surface area (Å²) in [6, 6.07) is 8.66. The molecule has 2 heterocycles. The van der Waals surface area contributed by atoms with Gasteiger partial charge in [-0.2, -0.15) is 0 Å². The van der Waals surface area contributed by atoms with Gasteiger partial charge >= 0.3 is 0 Å². The number of nitrogens with zero attached hydrogens (tertiary/aromatic N) is 2. The summed E-state index contributed by atoms with van der Waals surface area (Å²) in [5.41, 5.74) is 8.58. The molecular formula is C16H14N4O2S. The van der Waals surface area contributed by atoms with Crippen LogP contribution in [0.15, 0.2) is 36.5 Å². The lowest BCUT2D eigenvalue weighted by Crippen LogP contribution is -2.11. The molecule has 23 heavy (non-hydrogen) atoms. The van der Waals surface area contributed by atoms with Gasteiger partial charge in [0.2, 0.25) is 0 Å². The number of phenolic OH excluding ortho intramolecular Hbond substituents is 1. The Labute approximate surface area is 137 Å². The van der Waals surface area contributed by atoms with Gasteiger partial charge in [-0.3, -0.25) is 0 Å². The summed E-state index contributed by atoms with van der Waals surface area (Å²) < 4.78 is 5.10. The van der Waals surface area contributed by atoms with Gasteiger partial charge in [0.15, 0.2) is 17.1 Å². The van der Waals surface area contributed by atoms with Crippen molar-refractivity contribution >= 4 is 40.0 Å². The normalized spacial score (nSPS) is 11.6. The van der Waals surface area contributed by atoms with Crippen LogP contribution in [-0.4, -0.2) is 32.2 Å². The van der Waals surface area contributed by atoms with Gasteiger partial charge in [0.1, 0.15) is 10.8 Å². The lowest BCUT2D eigenvalue weighted by atomic mass is 10.1. The zero-order chi connectivity index (χ0) is 16.4. The van der Waals surface area contributed by atoms with Crippen molar-refractivity contribution in [1.29, 1.82) is 0 Å². The molecule has 3 aromatic rings. The quantitative estimate of drug-likeness (QED) is 0.503. The molecule has 0 amide bonds. The number of aromatic amines is 1. The number of benzene rings is 1. The monoisotopic (exact) mass is 326 g/mol. The summed E-state index contributed by atoms with van der Waals surface area (Å²) in [5.74, 6) is 0.972. The predicted molar refractivity (Wildman–Crippen MR) is 93.2 cm³/mol. The number of methoxy groups -OCH3 is 1. The Morgan fingerprint density at radius 2 is 2.22 bits per heavy atom. The van der Waals surface area contributed by atoms with Crippen LogP contribution in [-0.2, 0) is 0 Å². The molecule has 7 heteroatoms. The third-order valence-corrected chi connectivity index (χ3v) is 3.51. The average Bonchev–Trinajstić information content (AvgIpc) is 2.97. The maximum atomic E-state index is 9.67. The summed E-state index contributed by atoms with van der Waals surface area (Å²) in [5, 5.41) is 9.67. The lowest BCUT2D eigenvalue weighted by molar-refractivity contribution is 0.373. The molecule has 0 saturated heterocycles. The minimum Gasteiger partial charge on any atom is -0.504 e. The number of fused-ring (bicyclic) bond motifs is 1. The number of pyridine rings is 1. The Morgan fingerprint density at radius 3 is 2.91 bits per heavy atom. The largest absolute Gasteiger partial charge is 0.504 e. The fraction of sp³-hybridized carbons (Fsp3) is 0.0625. The molecule has 0 bridgehead atoms. The van der Waals surface area contributed by atoms with Crippen LogP contribution in [0.2, 0.25) is 0 Å². The second-order valence-electron chi connectivity index (χ2n) is 4.81. The number of ether oxygens (including phenoxy) is 1. The average molecular weight is 326 g/mol. The van der Waals surface area contributed by atoms with Crippen molar-refractivity contribution < 1.29 is 9.84 Å². The number of thiocarbonyl (C=S) groups is 1. The Balaban J connectivity index is 2.09. The molecule has 6 nitrogen and oxygen atoms in total. The van der Waals surface area contributed by atoms with Crippen LogP contribution in [0.4, 0.5) is 0 Å². The van der Waals surface area contributed by atoms with Crippen LogP contribution in [0.5, 0.6) is 11.5 Å². The number of nitrogens with two attached hydrogens (primary N) is 1. The molecule has 0 fully saturated rings.